The summed E-state index contributed by atoms with van der Waals surface area (Å²) in [6.45, 7) is 7.41. The molecule has 1 aliphatic rings. The Balaban J connectivity index is 1.21. The maximum atomic E-state index is 13.2. The molecule has 210 valence electrons. The van der Waals surface area contributed by atoms with Gasteiger partial charge in [0.1, 0.15) is 5.82 Å². The molecule has 10 heteroatoms. The number of carbonyl (C=O) groups is 3. The average Bonchev–Trinajstić information content (AvgIpc) is 2.95. The second-order valence-electron chi connectivity index (χ2n) is 10.9. The molecule has 2 heterocycles. The molecule has 9 nitrogen and oxygen atoms in total. The van der Waals surface area contributed by atoms with Crippen LogP contribution in [0.3, 0.4) is 0 Å². The Bertz CT molecular complexity index is 1320. The van der Waals surface area contributed by atoms with E-state index in [4.69, 9.17) is 0 Å². The van der Waals surface area contributed by atoms with E-state index in [-0.39, 0.29) is 29.5 Å². The molecular weight excluding hydrogens is 511 g/mol. The van der Waals surface area contributed by atoms with E-state index < -0.39 is 5.41 Å². The first-order valence-corrected chi connectivity index (χ1v) is 13.4. The van der Waals surface area contributed by atoms with E-state index in [1.165, 1.54) is 12.1 Å². The van der Waals surface area contributed by atoms with Gasteiger partial charge in [0.2, 0.25) is 11.8 Å². The summed E-state index contributed by atoms with van der Waals surface area (Å²) in [5, 5.41) is 17.2. The molecule has 0 radical (unpaired) electrons. The number of hydrogen-bond acceptors (Lipinski definition) is 6. The second kappa shape index (κ2) is 12.7. The largest absolute Gasteiger partial charge is 0.354 e. The van der Waals surface area contributed by atoms with Crippen molar-refractivity contribution in [2.45, 2.75) is 33.6 Å². The highest BCUT2D eigenvalue weighted by Gasteiger charge is 2.26. The number of carbonyl (C=O) groups excluding carboxylic acids is 3. The third kappa shape index (κ3) is 7.62. The highest BCUT2D eigenvalue weighted by Crippen LogP contribution is 2.24. The van der Waals surface area contributed by atoms with Gasteiger partial charge in [0, 0.05) is 48.4 Å². The normalized spacial score (nSPS) is 15.3. The molecule has 1 aromatic heterocycles. The fraction of sp³-hybridized carbons (Fsp3) is 0.367. The number of aromatic nitrogens is 2. The van der Waals surface area contributed by atoms with Crippen molar-refractivity contribution < 1.29 is 18.8 Å². The number of nitrogens with one attached hydrogen (secondary N) is 3. The number of hydrogen-bond donors (Lipinski definition) is 3. The van der Waals surface area contributed by atoms with Crippen LogP contribution in [0.15, 0.2) is 60.7 Å². The zero-order valence-corrected chi connectivity index (χ0v) is 23.0. The fourth-order valence-corrected chi connectivity index (χ4v) is 4.30. The zero-order chi connectivity index (χ0) is 28.7. The number of anilines is 2. The van der Waals surface area contributed by atoms with Crippen LogP contribution in [0.5, 0.6) is 0 Å². The molecule has 3 aromatic rings. The number of amides is 3. The standard InChI is InChI=1S/C30H35FN6O3/c1-30(2,3)29(40)34-24-12-8-21(9-13-24)27(38)32-16-17-33-28(39)22-5-4-18-37(19-22)26-15-14-25(35-36-26)20-6-10-23(31)11-7-20/h6-15,22H,4-5,16-19H2,1-3H3,(H,32,38)(H,33,39)(H,34,40). The smallest absolute Gasteiger partial charge is 0.251 e. The summed E-state index contributed by atoms with van der Waals surface area (Å²) in [4.78, 5) is 39.4. The third-order valence-electron chi connectivity index (χ3n) is 6.70. The molecule has 2 aromatic carbocycles. The van der Waals surface area contributed by atoms with Crippen LogP contribution in [0, 0.1) is 17.2 Å². The van der Waals surface area contributed by atoms with Gasteiger partial charge in [-0.3, -0.25) is 14.4 Å². The molecule has 1 fully saturated rings. The van der Waals surface area contributed by atoms with Crippen molar-refractivity contribution in [3.63, 3.8) is 0 Å². The van der Waals surface area contributed by atoms with E-state index in [2.05, 4.69) is 26.1 Å². The molecule has 3 N–H and O–H groups in total. The number of benzene rings is 2. The molecule has 0 spiro atoms. The van der Waals surface area contributed by atoms with Crippen LogP contribution in [-0.4, -0.2) is 54.1 Å². The summed E-state index contributed by atoms with van der Waals surface area (Å²) in [6, 6.07) is 16.5. The van der Waals surface area contributed by atoms with Crippen molar-refractivity contribution in [2.24, 2.45) is 11.3 Å². The lowest BCUT2D eigenvalue weighted by Crippen LogP contribution is -2.45. The van der Waals surface area contributed by atoms with E-state index in [0.717, 1.165) is 24.9 Å². The number of nitrogens with zero attached hydrogens (tertiary/aromatic N) is 3. The average molecular weight is 547 g/mol. The Hall–Kier alpha value is -4.34. The second-order valence-corrected chi connectivity index (χ2v) is 10.9. The monoisotopic (exact) mass is 546 g/mol. The van der Waals surface area contributed by atoms with Crippen molar-refractivity contribution in [1.82, 2.24) is 20.8 Å². The van der Waals surface area contributed by atoms with Gasteiger partial charge < -0.3 is 20.9 Å². The summed E-state index contributed by atoms with van der Waals surface area (Å²) >= 11 is 0. The lowest BCUT2D eigenvalue weighted by molar-refractivity contribution is -0.125. The summed E-state index contributed by atoms with van der Waals surface area (Å²) < 4.78 is 13.2. The van der Waals surface area contributed by atoms with Gasteiger partial charge in [-0.25, -0.2) is 4.39 Å². The van der Waals surface area contributed by atoms with Gasteiger partial charge >= 0.3 is 0 Å². The molecule has 4 rings (SSSR count). The van der Waals surface area contributed by atoms with E-state index in [9.17, 15) is 18.8 Å². The molecule has 0 aliphatic carbocycles. The summed E-state index contributed by atoms with van der Waals surface area (Å²) in [7, 11) is 0. The fourth-order valence-electron chi connectivity index (χ4n) is 4.30. The van der Waals surface area contributed by atoms with Crippen molar-refractivity contribution in [3.8, 4) is 11.3 Å². The van der Waals surface area contributed by atoms with Crippen molar-refractivity contribution in [2.75, 3.05) is 36.4 Å². The van der Waals surface area contributed by atoms with Gasteiger partial charge in [0.25, 0.3) is 5.91 Å². The molecule has 3 amide bonds. The maximum absolute atomic E-state index is 13.2. The van der Waals surface area contributed by atoms with Crippen LogP contribution in [0.1, 0.15) is 44.0 Å². The van der Waals surface area contributed by atoms with E-state index in [1.807, 2.05) is 37.8 Å². The Morgan fingerprint density at radius 1 is 0.925 bits per heavy atom. The highest BCUT2D eigenvalue weighted by molar-refractivity contribution is 5.97. The molecule has 40 heavy (non-hydrogen) atoms. The minimum atomic E-state index is -0.512. The zero-order valence-electron chi connectivity index (χ0n) is 23.0. The van der Waals surface area contributed by atoms with Crippen LogP contribution in [-0.2, 0) is 9.59 Å². The maximum Gasteiger partial charge on any atom is 0.251 e. The summed E-state index contributed by atoms with van der Waals surface area (Å²) in [5.74, 6) is -0.224. The van der Waals surface area contributed by atoms with Crippen LogP contribution >= 0.6 is 0 Å². The number of rotatable bonds is 8. The SMILES string of the molecule is CC(C)(C)C(=O)Nc1ccc(C(=O)NCCNC(=O)C2CCCN(c3ccc(-c4ccc(F)cc4)nn3)C2)cc1. The van der Waals surface area contributed by atoms with Crippen LogP contribution < -0.4 is 20.9 Å². The van der Waals surface area contributed by atoms with Crippen molar-refractivity contribution >= 4 is 29.2 Å². The van der Waals surface area contributed by atoms with Gasteiger partial charge in [0.05, 0.1) is 11.6 Å². The Morgan fingerprint density at radius 2 is 1.62 bits per heavy atom. The highest BCUT2D eigenvalue weighted by atomic mass is 19.1. The van der Waals surface area contributed by atoms with Gasteiger partial charge in [-0.2, -0.15) is 0 Å². The van der Waals surface area contributed by atoms with Crippen molar-refractivity contribution in [3.05, 3.63) is 72.0 Å². The van der Waals surface area contributed by atoms with E-state index in [0.29, 0.717) is 42.4 Å². The predicted molar refractivity (Wildman–Crippen MR) is 152 cm³/mol. The third-order valence-corrected chi connectivity index (χ3v) is 6.70. The van der Waals surface area contributed by atoms with Crippen LogP contribution in [0.2, 0.25) is 0 Å². The molecule has 0 bridgehead atoms. The number of piperidine rings is 1. The molecule has 0 saturated carbocycles. The minimum Gasteiger partial charge on any atom is -0.354 e. The van der Waals surface area contributed by atoms with Gasteiger partial charge in [-0.05, 0) is 73.5 Å². The summed E-state index contributed by atoms with van der Waals surface area (Å²) in [5.41, 5.74) is 2.02. The molecule has 1 aliphatic heterocycles. The minimum absolute atomic E-state index is 0.0613. The Kier molecular flexibility index (Phi) is 9.08. The van der Waals surface area contributed by atoms with Gasteiger partial charge in [-0.15, -0.1) is 10.2 Å². The Morgan fingerprint density at radius 3 is 2.27 bits per heavy atom. The quantitative estimate of drug-likeness (QED) is 0.368. The predicted octanol–water partition coefficient (Wildman–Crippen LogP) is 4.03. The van der Waals surface area contributed by atoms with Crippen molar-refractivity contribution in [1.29, 1.82) is 0 Å². The van der Waals surface area contributed by atoms with Gasteiger partial charge in [-0.1, -0.05) is 20.8 Å². The first kappa shape index (κ1) is 28.7. The van der Waals surface area contributed by atoms with Crippen LogP contribution in [0.4, 0.5) is 15.9 Å². The van der Waals surface area contributed by atoms with E-state index >= 15 is 0 Å². The summed E-state index contributed by atoms with van der Waals surface area (Å²) in [6.07, 6.45) is 1.62. The lowest BCUT2D eigenvalue weighted by atomic mass is 9.95. The molecular formula is C30H35FN6O3. The van der Waals surface area contributed by atoms with Crippen LogP contribution in [0.25, 0.3) is 11.3 Å². The first-order chi connectivity index (χ1) is 19.1. The molecule has 1 unspecified atom stereocenters. The van der Waals surface area contributed by atoms with E-state index in [1.54, 1.807) is 36.4 Å². The number of halogens is 1. The van der Waals surface area contributed by atoms with Gasteiger partial charge in [0.15, 0.2) is 5.82 Å². The molecule has 1 saturated heterocycles. The first-order valence-electron chi connectivity index (χ1n) is 13.4. The lowest BCUT2D eigenvalue weighted by Gasteiger charge is -2.32. The molecule has 1 atom stereocenters. The topological polar surface area (TPSA) is 116 Å². The Labute approximate surface area is 233 Å².